The Morgan fingerprint density at radius 2 is 2.00 bits per heavy atom. The van der Waals surface area contributed by atoms with E-state index < -0.39 is 10.0 Å². The van der Waals surface area contributed by atoms with Gasteiger partial charge in [-0.05, 0) is 24.8 Å². The molecule has 0 bridgehead atoms. The largest absolute Gasteiger partial charge is 0.330 e. The highest BCUT2D eigenvalue weighted by atomic mass is 32.2. The summed E-state index contributed by atoms with van der Waals surface area (Å²) >= 11 is 0. The second-order valence-corrected chi connectivity index (χ2v) is 6.17. The minimum Gasteiger partial charge on any atom is -0.330 e. The number of hydrogen-bond acceptors (Lipinski definition) is 3. The van der Waals surface area contributed by atoms with Gasteiger partial charge >= 0.3 is 0 Å². The number of nitrogens with zero attached hydrogens (tertiary/aromatic N) is 1. The van der Waals surface area contributed by atoms with Crippen molar-refractivity contribution >= 4 is 10.0 Å². The highest BCUT2D eigenvalue weighted by Gasteiger charge is 2.37. The van der Waals surface area contributed by atoms with Crippen molar-refractivity contribution in [3.05, 3.63) is 0 Å². The van der Waals surface area contributed by atoms with Crippen LogP contribution in [0.4, 0.5) is 0 Å². The maximum absolute atomic E-state index is 11.1. The van der Waals surface area contributed by atoms with Crippen molar-refractivity contribution in [2.24, 2.45) is 11.1 Å². The molecule has 0 aromatic heterocycles. The second-order valence-electron chi connectivity index (χ2n) is 4.08. The summed E-state index contributed by atoms with van der Waals surface area (Å²) in [6, 6.07) is 0. The fourth-order valence-electron chi connectivity index (χ4n) is 1.69. The van der Waals surface area contributed by atoms with Gasteiger partial charge in [-0.3, -0.25) is 0 Å². The first-order valence-electron chi connectivity index (χ1n) is 4.51. The van der Waals surface area contributed by atoms with Gasteiger partial charge < -0.3 is 5.73 Å². The van der Waals surface area contributed by atoms with Crippen molar-refractivity contribution in [2.45, 2.75) is 19.3 Å². The van der Waals surface area contributed by atoms with Crippen LogP contribution in [0.15, 0.2) is 0 Å². The molecule has 0 unspecified atom stereocenters. The monoisotopic (exact) mass is 206 g/mol. The molecular formula is C8H18N2O2S. The molecule has 5 heteroatoms. The number of hydrogen-bond donors (Lipinski definition) is 1. The Bertz CT molecular complexity index is 264. The van der Waals surface area contributed by atoms with E-state index in [-0.39, 0.29) is 5.41 Å². The average molecular weight is 206 g/mol. The van der Waals surface area contributed by atoms with Crippen molar-refractivity contribution in [2.75, 3.05) is 26.4 Å². The van der Waals surface area contributed by atoms with Crippen molar-refractivity contribution in [1.29, 1.82) is 0 Å². The summed E-state index contributed by atoms with van der Waals surface area (Å²) in [6.07, 6.45) is 4.53. The van der Waals surface area contributed by atoms with E-state index in [0.717, 1.165) is 12.8 Å². The number of nitrogens with two attached hydrogens (primary N) is 1. The first-order valence-corrected chi connectivity index (χ1v) is 6.36. The normalized spacial score (nSPS) is 21.5. The Hall–Kier alpha value is -0.130. The van der Waals surface area contributed by atoms with Crippen LogP contribution in [0.2, 0.25) is 0 Å². The van der Waals surface area contributed by atoms with E-state index >= 15 is 0 Å². The van der Waals surface area contributed by atoms with E-state index in [4.69, 9.17) is 5.73 Å². The van der Waals surface area contributed by atoms with Gasteiger partial charge in [0.15, 0.2) is 0 Å². The first-order chi connectivity index (χ1) is 5.90. The Morgan fingerprint density at radius 3 is 2.23 bits per heavy atom. The molecule has 0 aromatic carbocycles. The molecule has 0 spiro atoms. The Labute approximate surface area is 80.1 Å². The molecule has 0 aromatic rings. The highest BCUT2D eigenvalue weighted by Crippen LogP contribution is 2.40. The molecule has 1 saturated carbocycles. The number of sulfonamides is 1. The molecule has 0 radical (unpaired) electrons. The fraction of sp³-hybridized carbons (Fsp3) is 1.00. The quantitative estimate of drug-likeness (QED) is 0.704. The van der Waals surface area contributed by atoms with Gasteiger partial charge in [0.1, 0.15) is 0 Å². The smallest absolute Gasteiger partial charge is 0.210 e. The maximum atomic E-state index is 11.1. The lowest BCUT2D eigenvalue weighted by atomic mass is 9.69. The summed E-state index contributed by atoms with van der Waals surface area (Å²) in [6.45, 7) is 1.16. The predicted octanol–water partition coefficient (Wildman–Crippen LogP) is 0.00680. The van der Waals surface area contributed by atoms with Gasteiger partial charge in [-0.15, -0.1) is 0 Å². The van der Waals surface area contributed by atoms with Crippen molar-refractivity contribution < 1.29 is 8.42 Å². The molecule has 1 fully saturated rings. The molecule has 0 amide bonds. The van der Waals surface area contributed by atoms with E-state index in [1.54, 1.807) is 7.05 Å². The zero-order valence-corrected chi connectivity index (χ0v) is 9.10. The molecular weight excluding hydrogens is 188 g/mol. The summed E-state index contributed by atoms with van der Waals surface area (Å²) < 4.78 is 23.7. The van der Waals surface area contributed by atoms with E-state index in [1.807, 2.05) is 0 Å². The standard InChI is InChI=1S/C8H18N2O2S/c1-10(13(2,11)12)7-8(6-9)4-3-5-8/h3-7,9H2,1-2H3. The van der Waals surface area contributed by atoms with Crippen LogP contribution in [0.25, 0.3) is 0 Å². The van der Waals surface area contributed by atoms with Gasteiger partial charge in [-0.2, -0.15) is 0 Å². The van der Waals surface area contributed by atoms with Gasteiger partial charge in [0.25, 0.3) is 0 Å². The topological polar surface area (TPSA) is 63.4 Å². The van der Waals surface area contributed by atoms with Gasteiger partial charge in [0.2, 0.25) is 10.0 Å². The van der Waals surface area contributed by atoms with Crippen LogP contribution in [-0.2, 0) is 10.0 Å². The minimum absolute atomic E-state index is 0.0673. The molecule has 4 nitrogen and oxygen atoms in total. The third kappa shape index (κ3) is 2.42. The molecule has 0 saturated heterocycles. The summed E-state index contributed by atoms with van der Waals surface area (Å²) in [5.74, 6) is 0. The van der Waals surface area contributed by atoms with Crippen molar-refractivity contribution in [3.63, 3.8) is 0 Å². The van der Waals surface area contributed by atoms with Gasteiger partial charge in [0, 0.05) is 13.6 Å². The summed E-state index contributed by atoms with van der Waals surface area (Å²) in [4.78, 5) is 0. The highest BCUT2D eigenvalue weighted by molar-refractivity contribution is 7.88. The average Bonchev–Trinajstić information content (AvgIpc) is 1.94. The maximum Gasteiger partial charge on any atom is 0.210 e. The molecule has 13 heavy (non-hydrogen) atoms. The lowest BCUT2D eigenvalue weighted by Gasteiger charge is -2.42. The summed E-state index contributed by atoms with van der Waals surface area (Å²) in [5.41, 5.74) is 5.71. The Balaban J connectivity index is 2.57. The van der Waals surface area contributed by atoms with Crippen LogP contribution in [-0.4, -0.2) is 39.1 Å². The summed E-state index contributed by atoms with van der Waals surface area (Å²) in [7, 11) is -1.43. The van der Waals surface area contributed by atoms with Gasteiger partial charge in [0.05, 0.1) is 6.26 Å². The zero-order chi connectivity index (χ0) is 10.1. The third-order valence-corrected chi connectivity index (χ3v) is 4.23. The van der Waals surface area contributed by atoms with E-state index in [1.165, 1.54) is 17.0 Å². The van der Waals surface area contributed by atoms with Crippen LogP contribution < -0.4 is 5.73 Å². The molecule has 1 aliphatic carbocycles. The first kappa shape index (κ1) is 10.9. The zero-order valence-electron chi connectivity index (χ0n) is 8.28. The van der Waals surface area contributed by atoms with E-state index in [2.05, 4.69) is 0 Å². The molecule has 2 N–H and O–H groups in total. The van der Waals surface area contributed by atoms with Crippen molar-refractivity contribution in [3.8, 4) is 0 Å². The minimum atomic E-state index is -3.04. The SMILES string of the molecule is CN(CC1(CN)CCC1)S(C)(=O)=O. The van der Waals surface area contributed by atoms with Crippen LogP contribution in [0, 0.1) is 5.41 Å². The molecule has 0 heterocycles. The molecule has 1 aliphatic rings. The molecule has 1 rings (SSSR count). The fourth-order valence-corrected chi connectivity index (χ4v) is 2.20. The molecule has 78 valence electrons. The predicted molar refractivity (Wildman–Crippen MR) is 52.8 cm³/mol. The van der Waals surface area contributed by atoms with Crippen molar-refractivity contribution in [1.82, 2.24) is 4.31 Å². The van der Waals surface area contributed by atoms with Gasteiger partial charge in [-0.25, -0.2) is 12.7 Å². The van der Waals surface area contributed by atoms with Crippen LogP contribution >= 0.6 is 0 Å². The molecule has 0 atom stereocenters. The third-order valence-electron chi connectivity index (χ3n) is 2.97. The Morgan fingerprint density at radius 1 is 1.46 bits per heavy atom. The van der Waals surface area contributed by atoms with E-state index in [9.17, 15) is 8.42 Å². The second kappa shape index (κ2) is 3.55. The Kier molecular flexibility index (Phi) is 2.99. The molecule has 0 aliphatic heterocycles. The van der Waals surface area contributed by atoms with Crippen LogP contribution in [0.5, 0.6) is 0 Å². The lowest BCUT2D eigenvalue weighted by Crippen LogP contribution is -2.47. The number of rotatable bonds is 4. The van der Waals surface area contributed by atoms with Crippen LogP contribution in [0.3, 0.4) is 0 Å². The lowest BCUT2D eigenvalue weighted by molar-refractivity contribution is 0.118. The van der Waals surface area contributed by atoms with Crippen LogP contribution in [0.1, 0.15) is 19.3 Å². The van der Waals surface area contributed by atoms with Gasteiger partial charge in [-0.1, -0.05) is 6.42 Å². The summed E-state index contributed by atoms with van der Waals surface area (Å²) in [5, 5.41) is 0. The van der Waals surface area contributed by atoms with E-state index in [0.29, 0.717) is 13.1 Å².